The molecule has 0 aromatic heterocycles. The molecule has 28 heavy (non-hydrogen) atoms. The Labute approximate surface area is 161 Å². The van der Waals surface area contributed by atoms with Gasteiger partial charge in [-0.2, -0.15) is 18.4 Å². The average Bonchev–Trinajstić information content (AvgIpc) is 2.72. The van der Waals surface area contributed by atoms with E-state index in [0.717, 1.165) is 18.9 Å². The van der Waals surface area contributed by atoms with Crippen LogP contribution in [0.15, 0.2) is 48.5 Å². The molecule has 0 unspecified atom stereocenters. The molecule has 2 aromatic carbocycles. The van der Waals surface area contributed by atoms with Gasteiger partial charge in [-0.3, -0.25) is 4.79 Å². The molecule has 1 N–H and O–H groups in total. The molecule has 4 nitrogen and oxygen atoms in total. The largest absolute Gasteiger partial charge is 0.417 e. The number of piperidine rings is 1. The van der Waals surface area contributed by atoms with Gasteiger partial charge in [0.15, 0.2) is 0 Å². The number of halogens is 3. The van der Waals surface area contributed by atoms with Crippen molar-refractivity contribution in [3.8, 4) is 6.07 Å². The number of hydrogen-bond donors (Lipinski definition) is 1. The van der Waals surface area contributed by atoms with Crippen LogP contribution in [0.25, 0.3) is 0 Å². The number of likely N-dealkylation sites (tertiary alicyclic amines) is 1. The molecule has 0 radical (unpaired) electrons. The number of benzene rings is 2. The minimum atomic E-state index is -4.56. The Morgan fingerprint density at radius 2 is 1.82 bits per heavy atom. The second kappa shape index (κ2) is 8.34. The minimum Gasteiger partial charge on any atom is -0.385 e. The van der Waals surface area contributed by atoms with Crippen molar-refractivity contribution in [3.63, 3.8) is 0 Å². The molecule has 1 aliphatic rings. The Morgan fingerprint density at radius 3 is 2.43 bits per heavy atom. The fraction of sp³-hybridized carbons (Fsp3) is 0.333. The van der Waals surface area contributed by atoms with E-state index in [1.165, 1.54) is 12.1 Å². The highest BCUT2D eigenvalue weighted by Crippen LogP contribution is 2.33. The first kappa shape index (κ1) is 19.7. The number of alkyl halides is 3. The van der Waals surface area contributed by atoms with Crippen LogP contribution >= 0.6 is 0 Å². The van der Waals surface area contributed by atoms with Crippen molar-refractivity contribution in [2.75, 3.05) is 25.0 Å². The predicted molar refractivity (Wildman–Crippen MR) is 99.7 cm³/mol. The lowest BCUT2D eigenvalue weighted by molar-refractivity contribution is -0.137. The van der Waals surface area contributed by atoms with Crippen LogP contribution in [-0.2, 0) is 6.18 Å². The van der Waals surface area contributed by atoms with Crippen LogP contribution in [0, 0.1) is 17.2 Å². The Bertz CT molecular complexity index is 867. The molecule has 146 valence electrons. The summed E-state index contributed by atoms with van der Waals surface area (Å²) in [4.78, 5) is 14.3. The summed E-state index contributed by atoms with van der Waals surface area (Å²) in [7, 11) is 0. The molecular formula is C21H20F3N3O. The summed E-state index contributed by atoms with van der Waals surface area (Å²) in [5.41, 5.74) is -0.306. The molecule has 0 saturated carbocycles. The standard InChI is InChI=1S/C21H20F3N3O/c22-21(23,24)19-12-18(7-6-17(19)13-25)26-14-15-8-10-27(11-9-15)20(28)16-4-2-1-3-5-16/h1-7,12,15,26H,8-11,14H2. The predicted octanol–water partition coefficient (Wildman–Crippen LogP) is 4.54. The van der Waals surface area contributed by atoms with E-state index in [1.54, 1.807) is 18.2 Å². The van der Waals surface area contributed by atoms with E-state index in [4.69, 9.17) is 5.26 Å². The molecule has 1 amide bonds. The van der Waals surface area contributed by atoms with Gasteiger partial charge in [-0.15, -0.1) is 0 Å². The highest BCUT2D eigenvalue weighted by Gasteiger charge is 2.34. The Kier molecular flexibility index (Phi) is 5.88. The van der Waals surface area contributed by atoms with Gasteiger partial charge in [0.1, 0.15) is 0 Å². The first-order valence-corrected chi connectivity index (χ1v) is 9.08. The first-order valence-electron chi connectivity index (χ1n) is 9.08. The molecule has 1 aliphatic heterocycles. The Morgan fingerprint density at radius 1 is 1.14 bits per heavy atom. The van der Waals surface area contributed by atoms with Gasteiger partial charge in [0, 0.05) is 30.9 Å². The van der Waals surface area contributed by atoms with Crippen molar-refractivity contribution in [1.29, 1.82) is 5.26 Å². The molecule has 1 saturated heterocycles. The summed E-state index contributed by atoms with van der Waals surface area (Å²) in [5, 5.41) is 11.9. The second-order valence-electron chi connectivity index (χ2n) is 6.85. The van der Waals surface area contributed by atoms with Crippen LogP contribution in [0.1, 0.15) is 34.3 Å². The highest BCUT2D eigenvalue weighted by atomic mass is 19.4. The summed E-state index contributed by atoms with van der Waals surface area (Å²) in [5.74, 6) is 0.277. The Hall–Kier alpha value is -3.01. The molecule has 7 heteroatoms. The van der Waals surface area contributed by atoms with Crippen molar-refractivity contribution >= 4 is 11.6 Å². The number of amides is 1. The lowest BCUT2D eigenvalue weighted by atomic mass is 9.96. The van der Waals surface area contributed by atoms with E-state index >= 15 is 0 Å². The lowest BCUT2D eigenvalue weighted by Crippen LogP contribution is -2.39. The number of nitriles is 1. The van der Waals surface area contributed by atoms with Gasteiger partial charge < -0.3 is 10.2 Å². The zero-order chi connectivity index (χ0) is 20.1. The maximum absolute atomic E-state index is 13.1. The minimum absolute atomic E-state index is 0.00826. The summed E-state index contributed by atoms with van der Waals surface area (Å²) >= 11 is 0. The van der Waals surface area contributed by atoms with E-state index in [2.05, 4.69) is 5.32 Å². The van der Waals surface area contributed by atoms with Gasteiger partial charge in [-0.1, -0.05) is 18.2 Å². The molecule has 0 bridgehead atoms. The third-order valence-corrected chi connectivity index (χ3v) is 4.96. The van der Waals surface area contributed by atoms with Crippen molar-refractivity contribution in [2.45, 2.75) is 19.0 Å². The topological polar surface area (TPSA) is 56.1 Å². The summed E-state index contributed by atoms with van der Waals surface area (Å²) < 4.78 is 39.2. The van der Waals surface area contributed by atoms with Gasteiger partial charge in [-0.05, 0) is 49.1 Å². The fourth-order valence-corrected chi connectivity index (χ4v) is 3.35. The smallest absolute Gasteiger partial charge is 0.385 e. The van der Waals surface area contributed by atoms with Gasteiger partial charge in [0.25, 0.3) is 5.91 Å². The van der Waals surface area contributed by atoms with E-state index < -0.39 is 11.7 Å². The van der Waals surface area contributed by atoms with Gasteiger partial charge >= 0.3 is 6.18 Å². The van der Waals surface area contributed by atoms with Gasteiger partial charge in [0.2, 0.25) is 0 Å². The number of carbonyl (C=O) groups is 1. The zero-order valence-electron chi connectivity index (χ0n) is 15.2. The van der Waals surface area contributed by atoms with Crippen LogP contribution in [0.2, 0.25) is 0 Å². The van der Waals surface area contributed by atoms with E-state index in [9.17, 15) is 18.0 Å². The molecule has 3 rings (SSSR count). The first-order chi connectivity index (χ1) is 13.4. The quantitative estimate of drug-likeness (QED) is 0.838. The van der Waals surface area contributed by atoms with E-state index in [0.29, 0.717) is 30.9 Å². The average molecular weight is 387 g/mol. The maximum Gasteiger partial charge on any atom is 0.417 e. The molecule has 0 atom stereocenters. The maximum atomic E-state index is 13.1. The van der Waals surface area contributed by atoms with Crippen molar-refractivity contribution in [1.82, 2.24) is 4.90 Å². The van der Waals surface area contributed by atoms with Crippen LogP contribution in [0.3, 0.4) is 0 Å². The molecule has 1 heterocycles. The summed E-state index contributed by atoms with van der Waals surface area (Å²) in [6, 6.07) is 14.3. The Balaban J connectivity index is 1.55. The number of hydrogen-bond acceptors (Lipinski definition) is 3. The van der Waals surface area contributed by atoms with E-state index in [1.807, 2.05) is 23.1 Å². The third-order valence-electron chi connectivity index (χ3n) is 4.96. The zero-order valence-corrected chi connectivity index (χ0v) is 15.2. The van der Waals surface area contributed by atoms with Crippen molar-refractivity contribution < 1.29 is 18.0 Å². The second-order valence-corrected chi connectivity index (χ2v) is 6.85. The fourth-order valence-electron chi connectivity index (χ4n) is 3.35. The lowest BCUT2D eigenvalue weighted by Gasteiger charge is -2.32. The molecule has 0 spiro atoms. The number of nitrogens with one attached hydrogen (secondary N) is 1. The van der Waals surface area contributed by atoms with Gasteiger partial charge in [0.05, 0.1) is 17.2 Å². The number of rotatable bonds is 4. The summed E-state index contributed by atoms with van der Waals surface area (Å²) in [6.07, 6.45) is -2.99. The van der Waals surface area contributed by atoms with E-state index in [-0.39, 0.29) is 17.4 Å². The SMILES string of the molecule is N#Cc1ccc(NCC2CCN(C(=O)c3ccccc3)CC2)cc1C(F)(F)F. The molecule has 2 aromatic rings. The van der Waals surface area contributed by atoms with Crippen molar-refractivity contribution in [3.05, 3.63) is 65.2 Å². The number of anilines is 1. The van der Waals surface area contributed by atoms with Crippen LogP contribution < -0.4 is 5.32 Å². The van der Waals surface area contributed by atoms with Crippen LogP contribution in [0.5, 0.6) is 0 Å². The van der Waals surface area contributed by atoms with Crippen LogP contribution in [-0.4, -0.2) is 30.4 Å². The molecule has 1 fully saturated rings. The monoisotopic (exact) mass is 387 g/mol. The third kappa shape index (κ3) is 4.63. The highest BCUT2D eigenvalue weighted by molar-refractivity contribution is 5.94. The normalized spacial score (nSPS) is 15.1. The molecular weight excluding hydrogens is 367 g/mol. The van der Waals surface area contributed by atoms with Crippen molar-refractivity contribution in [2.24, 2.45) is 5.92 Å². The number of carbonyl (C=O) groups excluding carboxylic acids is 1. The van der Waals surface area contributed by atoms with Gasteiger partial charge in [-0.25, -0.2) is 0 Å². The van der Waals surface area contributed by atoms with Crippen LogP contribution in [0.4, 0.5) is 18.9 Å². The number of nitrogens with zero attached hydrogens (tertiary/aromatic N) is 2. The summed E-state index contributed by atoms with van der Waals surface area (Å²) in [6.45, 7) is 1.78. The molecule has 0 aliphatic carbocycles.